The van der Waals surface area contributed by atoms with Gasteiger partial charge < -0.3 is 10.2 Å². The molecule has 4 nitrogen and oxygen atoms in total. The lowest BCUT2D eigenvalue weighted by Crippen LogP contribution is -2.38. The Hall–Kier alpha value is -1.68. The van der Waals surface area contributed by atoms with Gasteiger partial charge in [-0.05, 0) is 37.9 Å². The number of piperidine rings is 1. The number of anilines is 1. The number of nitrogens with zero attached hydrogens (tertiary/aromatic N) is 3. The minimum atomic E-state index is 0.798. The molecule has 1 aliphatic heterocycles. The van der Waals surface area contributed by atoms with E-state index in [4.69, 9.17) is 0 Å². The van der Waals surface area contributed by atoms with Crippen molar-refractivity contribution in [1.29, 1.82) is 0 Å². The van der Waals surface area contributed by atoms with Crippen molar-refractivity contribution in [3.63, 3.8) is 0 Å². The van der Waals surface area contributed by atoms with Gasteiger partial charge >= 0.3 is 0 Å². The lowest BCUT2D eigenvalue weighted by atomic mass is 9.97. The highest BCUT2D eigenvalue weighted by molar-refractivity contribution is 5.78. The Kier molecular flexibility index (Phi) is 4.11. The lowest BCUT2D eigenvalue weighted by molar-refractivity contribution is 0.384. The zero-order chi connectivity index (χ0) is 13.8. The maximum atomic E-state index is 4.69. The topological polar surface area (TPSA) is 41.0 Å². The van der Waals surface area contributed by atoms with Crippen LogP contribution in [0.2, 0.25) is 0 Å². The molecule has 0 unspecified atom stereocenters. The molecule has 0 atom stereocenters. The van der Waals surface area contributed by atoms with Crippen molar-refractivity contribution in [3.05, 3.63) is 30.5 Å². The molecule has 1 aliphatic rings. The molecular weight excluding hydrogens is 248 g/mol. The first-order valence-corrected chi connectivity index (χ1v) is 7.54. The van der Waals surface area contributed by atoms with Gasteiger partial charge in [-0.25, -0.2) is 9.97 Å². The molecule has 0 amide bonds. The van der Waals surface area contributed by atoms with Crippen LogP contribution in [0.3, 0.4) is 0 Å². The normalized spacial score (nSPS) is 16.8. The summed E-state index contributed by atoms with van der Waals surface area (Å²) in [7, 11) is 0. The average Bonchev–Trinajstić information content (AvgIpc) is 2.53. The minimum Gasteiger partial charge on any atom is -0.341 e. The number of aromatic nitrogens is 2. The summed E-state index contributed by atoms with van der Waals surface area (Å²) < 4.78 is 0. The van der Waals surface area contributed by atoms with Crippen LogP contribution in [0.1, 0.15) is 19.8 Å². The van der Waals surface area contributed by atoms with Gasteiger partial charge in [0.15, 0.2) is 0 Å². The summed E-state index contributed by atoms with van der Waals surface area (Å²) in [6.07, 6.45) is 4.38. The van der Waals surface area contributed by atoms with E-state index in [1.54, 1.807) is 0 Å². The largest absolute Gasteiger partial charge is 0.341 e. The van der Waals surface area contributed by atoms with Gasteiger partial charge in [0.2, 0.25) is 5.95 Å². The molecule has 2 heterocycles. The van der Waals surface area contributed by atoms with E-state index in [0.29, 0.717) is 0 Å². The Morgan fingerprint density at radius 2 is 2.05 bits per heavy atom. The van der Waals surface area contributed by atoms with Crippen LogP contribution in [-0.2, 0) is 0 Å². The van der Waals surface area contributed by atoms with Crippen LogP contribution < -0.4 is 10.2 Å². The standard InChI is InChI=1S/C16H22N4/c1-2-17-11-13-7-9-20(10-8-13)16-18-12-14-5-3-4-6-15(14)19-16/h3-6,12-13,17H,2,7-11H2,1H3. The number of hydrogen-bond acceptors (Lipinski definition) is 4. The average molecular weight is 270 g/mol. The number of para-hydroxylation sites is 1. The first-order valence-electron chi connectivity index (χ1n) is 7.54. The van der Waals surface area contributed by atoms with E-state index in [1.165, 1.54) is 12.8 Å². The second-order valence-electron chi connectivity index (χ2n) is 5.47. The van der Waals surface area contributed by atoms with Crippen LogP contribution in [-0.4, -0.2) is 36.1 Å². The number of hydrogen-bond donors (Lipinski definition) is 1. The molecule has 4 heteroatoms. The predicted octanol–water partition coefficient (Wildman–Crippen LogP) is 2.46. The zero-order valence-corrected chi connectivity index (χ0v) is 12.0. The highest BCUT2D eigenvalue weighted by Gasteiger charge is 2.20. The van der Waals surface area contributed by atoms with E-state index < -0.39 is 0 Å². The minimum absolute atomic E-state index is 0.798. The van der Waals surface area contributed by atoms with Crippen molar-refractivity contribution in [2.24, 2.45) is 5.92 Å². The molecule has 0 spiro atoms. The number of rotatable bonds is 4. The molecular formula is C16H22N4. The predicted molar refractivity (Wildman–Crippen MR) is 83.0 cm³/mol. The van der Waals surface area contributed by atoms with Gasteiger partial charge in [-0.1, -0.05) is 25.1 Å². The highest BCUT2D eigenvalue weighted by Crippen LogP contribution is 2.21. The first-order chi connectivity index (χ1) is 9.86. The van der Waals surface area contributed by atoms with Crippen LogP contribution in [0.15, 0.2) is 30.5 Å². The third-order valence-electron chi connectivity index (χ3n) is 4.06. The molecule has 1 saturated heterocycles. The fraction of sp³-hybridized carbons (Fsp3) is 0.500. The third kappa shape index (κ3) is 2.90. The smallest absolute Gasteiger partial charge is 0.225 e. The second-order valence-corrected chi connectivity index (χ2v) is 5.47. The molecule has 1 aromatic heterocycles. The van der Waals surface area contributed by atoms with Crippen molar-refractivity contribution >= 4 is 16.9 Å². The maximum absolute atomic E-state index is 4.69. The fourth-order valence-electron chi connectivity index (χ4n) is 2.80. The van der Waals surface area contributed by atoms with Gasteiger partial charge in [-0.3, -0.25) is 0 Å². The van der Waals surface area contributed by atoms with Gasteiger partial charge in [0, 0.05) is 24.7 Å². The van der Waals surface area contributed by atoms with Gasteiger partial charge in [0.1, 0.15) is 0 Å². The van der Waals surface area contributed by atoms with Gasteiger partial charge in [-0.2, -0.15) is 0 Å². The Labute approximate surface area is 120 Å². The van der Waals surface area contributed by atoms with E-state index in [2.05, 4.69) is 39.2 Å². The molecule has 1 aromatic carbocycles. The van der Waals surface area contributed by atoms with Crippen molar-refractivity contribution in [2.75, 3.05) is 31.1 Å². The molecule has 106 valence electrons. The van der Waals surface area contributed by atoms with Crippen LogP contribution >= 0.6 is 0 Å². The Morgan fingerprint density at radius 3 is 2.85 bits per heavy atom. The van der Waals surface area contributed by atoms with Gasteiger partial charge in [0.05, 0.1) is 5.52 Å². The van der Waals surface area contributed by atoms with E-state index in [-0.39, 0.29) is 0 Å². The van der Waals surface area contributed by atoms with Gasteiger partial charge in [-0.15, -0.1) is 0 Å². The molecule has 0 bridgehead atoms. The van der Waals surface area contributed by atoms with E-state index in [1.807, 2.05) is 18.3 Å². The summed E-state index contributed by atoms with van der Waals surface area (Å²) in [5, 5.41) is 4.56. The zero-order valence-electron chi connectivity index (χ0n) is 12.0. The number of fused-ring (bicyclic) bond motifs is 1. The molecule has 3 rings (SSSR count). The van der Waals surface area contributed by atoms with Crippen LogP contribution in [0, 0.1) is 5.92 Å². The molecule has 2 aromatic rings. The quantitative estimate of drug-likeness (QED) is 0.926. The van der Waals surface area contributed by atoms with Crippen LogP contribution in [0.4, 0.5) is 5.95 Å². The van der Waals surface area contributed by atoms with E-state index >= 15 is 0 Å². The lowest BCUT2D eigenvalue weighted by Gasteiger charge is -2.32. The summed E-state index contributed by atoms with van der Waals surface area (Å²) in [5.74, 6) is 1.68. The van der Waals surface area contributed by atoms with Crippen molar-refractivity contribution in [3.8, 4) is 0 Å². The summed E-state index contributed by atoms with van der Waals surface area (Å²) in [5.41, 5.74) is 1.03. The molecule has 1 fully saturated rings. The summed E-state index contributed by atoms with van der Waals surface area (Å²) in [6.45, 7) is 6.50. The molecule has 0 saturated carbocycles. The second kappa shape index (κ2) is 6.18. The van der Waals surface area contributed by atoms with E-state index in [9.17, 15) is 0 Å². The summed E-state index contributed by atoms with van der Waals surface area (Å²) in [6, 6.07) is 8.17. The Bertz CT molecular complexity index is 561. The number of nitrogens with one attached hydrogen (secondary N) is 1. The monoisotopic (exact) mass is 270 g/mol. The maximum Gasteiger partial charge on any atom is 0.225 e. The first kappa shape index (κ1) is 13.3. The molecule has 0 radical (unpaired) electrons. The van der Waals surface area contributed by atoms with Crippen LogP contribution in [0.5, 0.6) is 0 Å². The van der Waals surface area contributed by atoms with Crippen molar-refractivity contribution in [2.45, 2.75) is 19.8 Å². The summed E-state index contributed by atoms with van der Waals surface area (Å²) >= 11 is 0. The summed E-state index contributed by atoms with van der Waals surface area (Å²) in [4.78, 5) is 11.5. The van der Waals surface area contributed by atoms with Crippen LogP contribution in [0.25, 0.3) is 10.9 Å². The third-order valence-corrected chi connectivity index (χ3v) is 4.06. The Morgan fingerprint density at radius 1 is 1.25 bits per heavy atom. The Balaban J connectivity index is 1.67. The molecule has 1 N–H and O–H groups in total. The SMILES string of the molecule is CCNCC1CCN(c2ncc3ccccc3n2)CC1. The van der Waals surface area contributed by atoms with E-state index in [0.717, 1.165) is 48.9 Å². The number of benzene rings is 1. The molecule has 20 heavy (non-hydrogen) atoms. The van der Waals surface area contributed by atoms with Crippen molar-refractivity contribution < 1.29 is 0 Å². The molecule has 0 aliphatic carbocycles. The fourth-order valence-corrected chi connectivity index (χ4v) is 2.80. The van der Waals surface area contributed by atoms with Gasteiger partial charge in [0.25, 0.3) is 0 Å². The highest BCUT2D eigenvalue weighted by atomic mass is 15.2. The van der Waals surface area contributed by atoms with Crippen molar-refractivity contribution in [1.82, 2.24) is 15.3 Å².